The minimum absolute atomic E-state index is 0.00750. The zero-order valence-corrected chi connectivity index (χ0v) is 14.4. The van der Waals surface area contributed by atoms with E-state index in [4.69, 9.17) is 4.74 Å². The smallest absolute Gasteiger partial charge is 0.260 e. The average molecular weight is 334 g/mol. The molecule has 0 bridgehead atoms. The number of benzene rings is 1. The molecular weight excluding hydrogens is 312 g/mol. The first-order valence-corrected chi connectivity index (χ1v) is 7.96. The third-order valence-corrected chi connectivity index (χ3v) is 3.96. The van der Waals surface area contributed by atoms with Crippen molar-refractivity contribution in [3.8, 4) is 5.75 Å². The number of rotatable bonds is 3. The second-order valence-corrected chi connectivity index (χ2v) is 5.55. The predicted octanol–water partition coefficient (Wildman–Crippen LogP) is 1.54. The number of carbonyl (C=O) groups is 1. The average Bonchev–Trinajstić information content (AvgIpc) is 2.60. The molecule has 0 atom stereocenters. The Labute approximate surface area is 142 Å². The molecular formula is C16H22N4O2S. The highest BCUT2D eigenvalue weighted by Gasteiger charge is 2.22. The molecule has 23 heavy (non-hydrogen) atoms. The number of hydrogen-bond donors (Lipinski definition) is 1. The normalized spacial score (nSPS) is 16.5. The highest BCUT2D eigenvalue weighted by atomic mass is 32.1. The molecule has 1 amide bonds. The van der Waals surface area contributed by atoms with Crippen LogP contribution in [0.15, 0.2) is 40.3 Å². The second kappa shape index (κ2) is 8.57. The Bertz CT molecular complexity index is 581. The molecule has 6 nitrogen and oxygen atoms in total. The summed E-state index contributed by atoms with van der Waals surface area (Å²) in [5.74, 6) is 1.59. The molecule has 0 aliphatic carbocycles. The van der Waals surface area contributed by atoms with Gasteiger partial charge in [0.2, 0.25) is 0 Å². The summed E-state index contributed by atoms with van der Waals surface area (Å²) in [6.07, 6.45) is 0. The van der Waals surface area contributed by atoms with Crippen LogP contribution in [0.5, 0.6) is 5.75 Å². The van der Waals surface area contributed by atoms with Gasteiger partial charge in [-0.2, -0.15) is 0 Å². The summed E-state index contributed by atoms with van der Waals surface area (Å²) in [5.41, 5.74) is 0. The summed E-state index contributed by atoms with van der Waals surface area (Å²) in [4.78, 5) is 24.3. The van der Waals surface area contributed by atoms with Gasteiger partial charge in [-0.15, -0.1) is 12.6 Å². The van der Waals surface area contributed by atoms with Gasteiger partial charge in [-0.25, -0.2) is 4.99 Å². The molecule has 0 aromatic heterocycles. The van der Waals surface area contributed by atoms with Gasteiger partial charge in [0.1, 0.15) is 11.6 Å². The number of para-hydroxylation sites is 1. The summed E-state index contributed by atoms with van der Waals surface area (Å²) in [5, 5.41) is 0.456. The van der Waals surface area contributed by atoms with Crippen molar-refractivity contribution in [3.05, 3.63) is 30.3 Å². The Balaban J connectivity index is 1.79. The fourth-order valence-electron chi connectivity index (χ4n) is 2.30. The van der Waals surface area contributed by atoms with Gasteiger partial charge in [0, 0.05) is 33.2 Å². The van der Waals surface area contributed by atoms with Gasteiger partial charge in [0.25, 0.3) is 5.91 Å². The quantitative estimate of drug-likeness (QED) is 0.518. The first kappa shape index (κ1) is 17.3. The third kappa shape index (κ3) is 5.28. The topological polar surface area (TPSA) is 57.5 Å². The van der Waals surface area contributed by atoms with Crippen LogP contribution in [-0.4, -0.2) is 66.5 Å². The van der Waals surface area contributed by atoms with Gasteiger partial charge in [-0.3, -0.25) is 9.79 Å². The first-order chi connectivity index (χ1) is 11.1. The third-order valence-electron chi connectivity index (χ3n) is 3.66. The van der Waals surface area contributed by atoms with E-state index in [0.29, 0.717) is 24.0 Å². The summed E-state index contributed by atoms with van der Waals surface area (Å²) in [7, 11) is 1.66. The van der Waals surface area contributed by atoms with Crippen molar-refractivity contribution in [2.75, 3.05) is 39.8 Å². The lowest BCUT2D eigenvalue weighted by Gasteiger charge is -2.35. The first-order valence-electron chi connectivity index (χ1n) is 7.51. The molecule has 124 valence electrons. The Kier molecular flexibility index (Phi) is 6.46. The molecule has 0 N–H and O–H groups in total. The van der Waals surface area contributed by atoms with E-state index in [1.807, 2.05) is 42.2 Å². The SMILES string of the molecule is C/N=C(S)\N=C(/C)N1CCN(C(=O)COc2ccccc2)CC1. The van der Waals surface area contributed by atoms with Crippen LogP contribution < -0.4 is 4.74 Å². The largest absolute Gasteiger partial charge is 0.484 e. The predicted molar refractivity (Wildman–Crippen MR) is 95.5 cm³/mol. The van der Waals surface area contributed by atoms with Crippen LogP contribution in [0.3, 0.4) is 0 Å². The molecule has 1 aliphatic heterocycles. The van der Waals surface area contributed by atoms with E-state index in [0.717, 1.165) is 18.9 Å². The van der Waals surface area contributed by atoms with Crippen molar-refractivity contribution >= 4 is 29.5 Å². The number of ether oxygens (including phenoxy) is 1. The van der Waals surface area contributed by atoms with Crippen LogP contribution in [0.25, 0.3) is 0 Å². The van der Waals surface area contributed by atoms with Crippen LogP contribution in [0, 0.1) is 0 Å². The van der Waals surface area contributed by atoms with Gasteiger partial charge in [0.15, 0.2) is 11.8 Å². The second-order valence-electron chi connectivity index (χ2n) is 5.15. The van der Waals surface area contributed by atoms with Crippen molar-refractivity contribution in [1.82, 2.24) is 9.80 Å². The van der Waals surface area contributed by atoms with Crippen LogP contribution in [-0.2, 0) is 4.79 Å². The zero-order valence-electron chi connectivity index (χ0n) is 13.5. The van der Waals surface area contributed by atoms with E-state index >= 15 is 0 Å². The molecule has 1 aromatic carbocycles. The summed E-state index contributed by atoms with van der Waals surface area (Å²) in [6, 6.07) is 9.37. The van der Waals surface area contributed by atoms with Gasteiger partial charge < -0.3 is 14.5 Å². The fraction of sp³-hybridized carbons (Fsp3) is 0.438. The Hall–Kier alpha value is -2.02. The molecule has 2 rings (SSSR count). The molecule has 1 saturated heterocycles. The summed E-state index contributed by atoms with van der Waals surface area (Å²) in [6.45, 7) is 4.82. The zero-order chi connectivity index (χ0) is 16.7. The number of amidine groups is 2. The van der Waals surface area contributed by atoms with Crippen molar-refractivity contribution in [2.24, 2.45) is 9.98 Å². The van der Waals surface area contributed by atoms with Crippen LogP contribution in [0.4, 0.5) is 0 Å². The number of thiol groups is 1. The van der Waals surface area contributed by atoms with E-state index in [-0.39, 0.29) is 12.5 Å². The number of piperazine rings is 1. The number of amides is 1. The van der Waals surface area contributed by atoms with Gasteiger partial charge >= 0.3 is 0 Å². The van der Waals surface area contributed by atoms with Gasteiger partial charge in [-0.1, -0.05) is 18.2 Å². The van der Waals surface area contributed by atoms with E-state index in [9.17, 15) is 4.79 Å². The van der Waals surface area contributed by atoms with Gasteiger partial charge in [-0.05, 0) is 19.1 Å². The maximum absolute atomic E-state index is 12.2. The molecule has 0 radical (unpaired) electrons. The van der Waals surface area contributed by atoms with Crippen LogP contribution >= 0.6 is 12.6 Å². The van der Waals surface area contributed by atoms with Crippen molar-refractivity contribution in [2.45, 2.75) is 6.92 Å². The summed E-state index contributed by atoms with van der Waals surface area (Å²) < 4.78 is 5.51. The van der Waals surface area contributed by atoms with Crippen LogP contribution in [0.2, 0.25) is 0 Å². The number of carbonyl (C=O) groups excluding carboxylic acids is 1. The maximum Gasteiger partial charge on any atom is 0.260 e. The summed E-state index contributed by atoms with van der Waals surface area (Å²) >= 11 is 4.16. The Morgan fingerprint density at radius 2 is 1.78 bits per heavy atom. The molecule has 1 fully saturated rings. The molecule has 0 saturated carbocycles. The standard InChI is InChI=1S/C16H22N4O2S/c1-13(18-16(23)17-2)19-8-10-20(11-9-19)15(21)12-22-14-6-4-3-5-7-14/h3-7H,8-12H2,1-2H3,(H,17,23)/b18-13+. The highest BCUT2D eigenvalue weighted by molar-refractivity contribution is 7.96. The minimum atomic E-state index is 0.00750. The minimum Gasteiger partial charge on any atom is -0.484 e. The monoisotopic (exact) mass is 334 g/mol. The van der Waals surface area contributed by atoms with Crippen molar-refractivity contribution in [3.63, 3.8) is 0 Å². The number of nitrogens with zero attached hydrogens (tertiary/aromatic N) is 4. The van der Waals surface area contributed by atoms with E-state index in [2.05, 4.69) is 27.5 Å². The van der Waals surface area contributed by atoms with Gasteiger partial charge in [0.05, 0.1) is 0 Å². The molecule has 0 unspecified atom stereocenters. The molecule has 7 heteroatoms. The maximum atomic E-state index is 12.2. The molecule has 1 heterocycles. The lowest BCUT2D eigenvalue weighted by atomic mass is 10.3. The van der Waals surface area contributed by atoms with E-state index in [1.54, 1.807) is 7.05 Å². The number of hydrogen-bond acceptors (Lipinski definition) is 3. The van der Waals surface area contributed by atoms with E-state index < -0.39 is 0 Å². The van der Waals surface area contributed by atoms with E-state index in [1.165, 1.54) is 0 Å². The Morgan fingerprint density at radius 3 is 2.39 bits per heavy atom. The molecule has 0 spiro atoms. The molecule has 1 aromatic rings. The highest BCUT2D eigenvalue weighted by Crippen LogP contribution is 2.09. The Morgan fingerprint density at radius 1 is 1.17 bits per heavy atom. The lowest BCUT2D eigenvalue weighted by Crippen LogP contribution is -2.51. The van der Waals surface area contributed by atoms with Crippen molar-refractivity contribution < 1.29 is 9.53 Å². The van der Waals surface area contributed by atoms with Crippen molar-refractivity contribution in [1.29, 1.82) is 0 Å². The molecule has 1 aliphatic rings. The van der Waals surface area contributed by atoms with Crippen LogP contribution in [0.1, 0.15) is 6.92 Å². The fourth-order valence-corrected chi connectivity index (χ4v) is 2.44. The lowest BCUT2D eigenvalue weighted by molar-refractivity contribution is -0.134. The number of aliphatic imine (C=N–C) groups is 2.